The van der Waals surface area contributed by atoms with Gasteiger partial charge in [0.15, 0.2) is 0 Å². The van der Waals surface area contributed by atoms with Crippen LogP contribution >= 0.6 is 23.2 Å². The Morgan fingerprint density at radius 2 is 1.71 bits per heavy atom. The molecule has 0 spiro atoms. The SMILES string of the molecule is Cc1ccc(OC(F)(F)C(Cl)Cl)cc1. The van der Waals surface area contributed by atoms with E-state index < -0.39 is 10.9 Å². The molecule has 0 bridgehead atoms. The minimum Gasteiger partial charge on any atom is -0.431 e. The Balaban J connectivity index is 2.74. The van der Waals surface area contributed by atoms with Crippen LogP contribution in [-0.4, -0.2) is 10.9 Å². The molecule has 0 radical (unpaired) electrons. The zero-order chi connectivity index (χ0) is 10.8. The summed E-state index contributed by atoms with van der Waals surface area (Å²) >= 11 is 10.1. The third-order valence-electron chi connectivity index (χ3n) is 1.53. The van der Waals surface area contributed by atoms with Crippen LogP contribution in [0, 0.1) is 6.92 Å². The third-order valence-corrected chi connectivity index (χ3v) is 2.04. The fourth-order valence-electron chi connectivity index (χ4n) is 0.808. The van der Waals surface area contributed by atoms with Crippen LogP contribution in [0.4, 0.5) is 8.78 Å². The number of alkyl halides is 4. The fraction of sp³-hybridized carbons (Fsp3) is 0.333. The Kier molecular flexibility index (Phi) is 3.56. The van der Waals surface area contributed by atoms with Gasteiger partial charge in [-0.05, 0) is 19.1 Å². The van der Waals surface area contributed by atoms with Crippen molar-refractivity contribution in [2.24, 2.45) is 0 Å². The number of hydrogen-bond donors (Lipinski definition) is 0. The first-order valence-electron chi connectivity index (χ1n) is 3.83. The summed E-state index contributed by atoms with van der Waals surface area (Å²) in [6.07, 6.45) is -3.57. The molecule has 0 aliphatic rings. The lowest BCUT2D eigenvalue weighted by molar-refractivity contribution is -0.163. The summed E-state index contributed by atoms with van der Waals surface area (Å²) in [5.41, 5.74) is 0.953. The predicted molar refractivity (Wildman–Crippen MR) is 52.2 cm³/mol. The second-order valence-electron chi connectivity index (χ2n) is 2.78. The van der Waals surface area contributed by atoms with E-state index in [0.717, 1.165) is 5.56 Å². The van der Waals surface area contributed by atoms with Gasteiger partial charge in [0.05, 0.1) is 0 Å². The zero-order valence-electron chi connectivity index (χ0n) is 7.31. The van der Waals surface area contributed by atoms with Gasteiger partial charge in [-0.1, -0.05) is 40.9 Å². The molecule has 78 valence electrons. The Hall–Kier alpha value is -0.540. The second kappa shape index (κ2) is 4.32. The number of benzene rings is 1. The first-order valence-corrected chi connectivity index (χ1v) is 4.71. The van der Waals surface area contributed by atoms with Gasteiger partial charge < -0.3 is 4.74 Å². The van der Waals surface area contributed by atoms with Crippen molar-refractivity contribution in [3.63, 3.8) is 0 Å². The minimum absolute atomic E-state index is 0.0342. The van der Waals surface area contributed by atoms with Gasteiger partial charge in [-0.25, -0.2) is 0 Å². The van der Waals surface area contributed by atoms with Crippen LogP contribution in [0.25, 0.3) is 0 Å². The van der Waals surface area contributed by atoms with E-state index in [-0.39, 0.29) is 5.75 Å². The van der Waals surface area contributed by atoms with Crippen molar-refractivity contribution in [3.8, 4) is 5.75 Å². The summed E-state index contributed by atoms with van der Waals surface area (Å²) < 4.78 is 30.0. The lowest BCUT2D eigenvalue weighted by Crippen LogP contribution is -2.32. The first-order chi connectivity index (χ1) is 6.42. The Bertz CT molecular complexity index is 298. The summed E-state index contributed by atoms with van der Waals surface area (Å²) in [5.74, 6) is 0.0342. The Morgan fingerprint density at radius 3 is 2.14 bits per heavy atom. The predicted octanol–water partition coefficient (Wildman–Crippen LogP) is 3.77. The molecule has 0 aliphatic heterocycles. The Morgan fingerprint density at radius 1 is 1.21 bits per heavy atom. The van der Waals surface area contributed by atoms with Gasteiger partial charge in [0.2, 0.25) is 4.84 Å². The van der Waals surface area contributed by atoms with E-state index in [0.29, 0.717) is 0 Å². The number of hydrogen-bond acceptors (Lipinski definition) is 1. The van der Waals surface area contributed by atoms with Gasteiger partial charge in [-0.2, -0.15) is 8.78 Å². The molecule has 5 heteroatoms. The molecule has 14 heavy (non-hydrogen) atoms. The van der Waals surface area contributed by atoms with Crippen LogP contribution in [0.1, 0.15) is 5.56 Å². The molecule has 0 saturated carbocycles. The largest absolute Gasteiger partial charge is 0.431 e. The summed E-state index contributed by atoms with van der Waals surface area (Å²) in [7, 11) is 0. The maximum Gasteiger partial charge on any atom is 0.428 e. The number of aryl methyl sites for hydroxylation is 1. The Labute approximate surface area is 90.6 Å². The van der Waals surface area contributed by atoms with E-state index in [9.17, 15) is 8.78 Å². The molecule has 0 fully saturated rings. The summed E-state index contributed by atoms with van der Waals surface area (Å²) in [4.78, 5) is -1.89. The van der Waals surface area contributed by atoms with Crippen molar-refractivity contribution in [3.05, 3.63) is 29.8 Å². The highest BCUT2D eigenvalue weighted by Crippen LogP contribution is 2.29. The molecule has 0 N–H and O–H groups in total. The van der Waals surface area contributed by atoms with E-state index in [1.165, 1.54) is 12.1 Å². The molecule has 0 unspecified atom stereocenters. The zero-order valence-corrected chi connectivity index (χ0v) is 8.82. The lowest BCUT2D eigenvalue weighted by Gasteiger charge is -2.18. The molecular weight excluding hydrogens is 233 g/mol. The van der Waals surface area contributed by atoms with Gasteiger partial charge in [-0.15, -0.1) is 0 Å². The molecule has 0 aromatic heterocycles. The number of ether oxygens (including phenoxy) is 1. The van der Waals surface area contributed by atoms with Gasteiger partial charge in [-0.3, -0.25) is 0 Å². The highest BCUT2D eigenvalue weighted by molar-refractivity contribution is 6.44. The maximum absolute atomic E-state index is 12.8. The van der Waals surface area contributed by atoms with Crippen LogP contribution in [0.15, 0.2) is 24.3 Å². The quantitative estimate of drug-likeness (QED) is 0.732. The van der Waals surface area contributed by atoms with Crippen LogP contribution < -0.4 is 4.74 Å². The molecule has 0 aliphatic carbocycles. The highest BCUT2D eigenvalue weighted by Gasteiger charge is 2.40. The van der Waals surface area contributed by atoms with E-state index in [1.807, 2.05) is 6.92 Å². The van der Waals surface area contributed by atoms with E-state index in [4.69, 9.17) is 23.2 Å². The molecule has 0 saturated heterocycles. The summed E-state index contributed by atoms with van der Waals surface area (Å²) in [5, 5.41) is 0. The van der Waals surface area contributed by atoms with E-state index >= 15 is 0 Å². The smallest absolute Gasteiger partial charge is 0.428 e. The van der Waals surface area contributed by atoms with Crippen molar-refractivity contribution < 1.29 is 13.5 Å². The van der Waals surface area contributed by atoms with Gasteiger partial charge in [0.25, 0.3) is 0 Å². The summed E-state index contributed by atoms with van der Waals surface area (Å²) in [6, 6.07) is 6.17. The van der Waals surface area contributed by atoms with Gasteiger partial charge >= 0.3 is 6.11 Å². The van der Waals surface area contributed by atoms with Crippen molar-refractivity contribution in [1.82, 2.24) is 0 Å². The van der Waals surface area contributed by atoms with Crippen LogP contribution in [-0.2, 0) is 0 Å². The standard InChI is InChI=1S/C9H8Cl2F2O/c1-6-2-4-7(5-3-6)14-9(12,13)8(10)11/h2-5,8H,1H3. The van der Waals surface area contributed by atoms with Crippen molar-refractivity contribution in [2.45, 2.75) is 17.9 Å². The molecule has 1 rings (SSSR count). The van der Waals surface area contributed by atoms with Crippen LogP contribution in [0.5, 0.6) is 5.75 Å². The first kappa shape index (κ1) is 11.5. The number of halogens is 4. The summed E-state index contributed by atoms with van der Waals surface area (Å²) in [6.45, 7) is 1.84. The minimum atomic E-state index is -3.57. The molecular formula is C9H8Cl2F2O. The van der Waals surface area contributed by atoms with Crippen molar-refractivity contribution in [2.75, 3.05) is 0 Å². The molecule has 0 atom stereocenters. The molecule has 1 aromatic rings. The average molecular weight is 241 g/mol. The number of rotatable bonds is 3. The van der Waals surface area contributed by atoms with Crippen LogP contribution in [0.3, 0.4) is 0 Å². The highest BCUT2D eigenvalue weighted by atomic mass is 35.5. The average Bonchev–Trinajstić information content (AvgIpc) is 2.08. The van der Waals surface area contributed by atoms with Crippen molar-refractivity contribution in [1.29, 1.82) is 0 Å². The van der Waals surface area contributed by atoms with Crippen molar-refractivity contribution >= 4 is 23.2 Å². The maximum atomic E-state index is 12.8. The topological polar surface area (TPSA) is 9.23 Å². The third kappa shape index (κ3) is 3.00. The monoisotopic (exact) mass is 240 g/mol. The fourth-order valence-corrected chi connectivity index (χ4v) is 0.897. The van der Waals surface area contributed by atoms with Gasteiger partial charge in [0.1, 0.15) is 5.75 Å². The molecule has 1 aromatic carbocycles. The second-order valence-corrected chi connectivity index (χ2v) is 3.87. The molecule has 1 nitrogen and oxygen atoms in total. The molecule has 0 heterocycles. The van der Waals surface area contributed by atoms with E-state index in [2.05, 4.69) is 4.74 Å². The van der Waals surface area contributed by atoms with E-state index in [1.54, 1.807) is 12.1 Å². The van der Waals surface area contributed by atoms with Crippen LogP contribution in [0.2, 0.25) is 0 Å². The lowest BCUT2D eigenvalue weighted by atomic mass is 10.2. The molecule has 0 amide bonds. The van der Waals surface area contributed by atoms with Gasteiger partial charge in [0, 0.05) is 0 Å². The normalized spacial score (nSPS) is 11.9.